The molecule has 3 amide bonds. The zero-order valence-corrected chi connectivity index (χ0v) is 29.3. The van der Waals surface area contributed by atoms with Crippen LogP contribution in [0.15, 0.2) is 48.5 Å². The lowest BCUT2D eigenvalue weighted by molar-refractivity contribution is -0.125. The van der Waals surface area contributed by atoms with Crippen molar-refractivity contribution in [3.05, 3.63) is 59.7 Å². The Morgan fingerprint density at radius 3 is 2.43 bits per heavy atom. The van der Waals surface area contributed by atoms with Crippen LogP contribution in [0.25, 0.3) is 0 Å². The molecule has 1 saturated carbocycles. The lowest BCUT2D eigenvalue weighted by Crippen LogP contribution is -2.56. The number of hydrogen-bond acceptors (Lipinski definition) is 8. The number of likely N-dealkylation sites (N-methyl/N-ethyl adjacent to an activating group) is 1. The van der Waals surface area contributed by atoms with Gasteiger partial charge in [-0.15, -0.1) is 11.8 Å². The number of para-hydroxylation sites is 1. The van der Waals surface area contributed by atoms with Gasteiger partial charge in [-0.3, -0.25) is 14.5 Å². The maximum Gasteiger partial charge on any atom is 0.411 e. The molecule has 0 radical (unpaired) electrons. The molecule has 2 aliphatic rings. The molecule has 2 aromatic carbocycles. The third-order valence-corrected chi connectivity index (χ3v) is 11.0. The zero-order chi connectivity index (χ0) is 33.3. The number of hydrogen-bond donors (Lipinski definition) is 2. The molecule has 1 heterocycles. The molecule has 3 atom stereocenters. The van der Waals surface area contributed by atoms with Crippen molar-refractivity contribution in [1.82, 2.24) is 15.1 Å². The summed E-state index contributed by atoms with van der Waals surface area (Å²) in [6.07, 6.45) is 6.33. The summed E-state index contributed by atoms with van der Waals surface area (Å²) in [5.41, 5.74) is 0.627. The van der Waals surface area contributed by atoms with Crippen molar-refractivity contribution < 1.29 is 29.0 Å². The Balaban J connectivity index is 1.61. The van der Waals surface area contributed by atoms with Gasteiger partial charge in [0.2, 0.25) is 5.91 Å². The maximum atomic E-state index is 14.0. The second-order valence-corrected chi connectivity index (χ2v) is 15.5. The van der Waals surface area contributed by atoms with Crippen LogP contribution in [-0.4, -0.2) is 93.8 Å². The van der Waals surface area contributed by atoms with Gasteiger partial charge in [-0.05, 0) is 81.5 Å². The third kappa shape index (κ3) is 10.2. The minimum Gasteiger partial charge on any atom is -0.507 e. The number of benzene rings is 2. The third-order valence-electron chi connectivity index (χ3n) is 8.41. The molecule has 2 unspecified atom stereocenters. The Morgan fingerprint density at radius 1 is 1.09 bits per heavy atom. The Morgan fingerprint density at radius 2 is 1.78 bits per heavy atom. The molecule has 1 aliphatic carbocycles. The first kappa shape index (κ1) is 35.8. The molecule has 1 saturated heterocycles. The number of phenolic OH excluding ortho intramolecular Hbond substituents is 1. The normalized spacial score (nSPS) is 18.5. The van der Waals surface area contributed by atoms with Crippen LogP contribution in [0.4, 0.5) is 4.79 Å². The van der Waals surface area contributed by atoms with Gasteiger partial charge >= 0.3 is 6.09 Å². The van der Waals surface area contributed by atoms with Gasteiger partial charge in [-0.1, -0.05) is 43.5 Å². The van der Waals surface area contributed by atoms with E-state index in [1.165, 1.54) is 54.8 Å². The van der Waals surface area contributed by atoms with Gasteiger partial charge in [-0.2, -0.15) is 11.8 Å². The average Bonchev–Trinajstić information content (AvgIpc) is 3.53. The predicted octanol–water partition coefficient (Wildman–Crippen LogP) is 6.19. The largest absolute Gasteiger partial charge is 0.507 e. The van der Waals surface area contributed by atoms with Crippen molar-refractivity contribution in [1.29, 1.82) is 0 Å². The number of rotatable bonds is 12. The van der Waals surface area contributed by atoms with Crippen LogP contribution >= 0.6 is 23.5 Å². The number of methoxy groups -OCH3 is 1. The molecule has 11 heteroatoms. The van der Waals surface area contributed by atoms with E-state index >= 15 is 0 Å². The average molecular weight is 672 g/mol. The molecule has 2 N–H and O–H groups in total. The molecule has 0 aromatic heterocycles. The summed E-state index contributed by atoms with van der Waals surface area (Å²) in [6.45, 7) is 5.65. The van der Waals surface area contributed by atoms with E-state index in [0.717, 1.165) is 17.1 Å². The Hall–Kier alpha value is -3.05. The van der Waals surface area contributed by atoms with Gasteiger partial charge in [-0.25, -0.2) is 4.79 Å². The maximum absolute atomic E-state index is 14.0. The zero-order valence-electron chi connectivity index (χ0n) is 27.7. The number of nitrogens with one attached hydrogen (secondary N) is 1. The van der Waals surface area contributed by atoms with Crippen molar-refractivity contribution in [2.75, 3.05) is 38.1 Å². The highest BCUT2D eigenvalue weighted by molar-refractivity contribution is 8.00. The lowest BCUT2D eigenvalue weighted by Gasteiger charge is -2.34. The molecule has 252 valence electrons. The topological polar surface area (TPSA) is 108 Å². The van der Waals surface area contributed by atoms with E-state index in [1.807, 2.05) is 56.8 Å². The molecule has 9 nitrogen and oxygen atoms in total. The van der Waals surface area contributed by atoms with Gasteiger partial charge in [0.05, 0.1) is 24.6 Å². The number of carbonyl (C=O) groups excluding carboxylic acids is 3. The van der Waals surface area contributed by atoms with E-state index in [4.69, 9.17) is 9.47 Å². The van der Waals surface area contributed by atoms with E-state index in [2.05, 4.69) is 5.32 Å². The van der Waals surface area contributed by atoms with Crippen LogP contribution in [0.3, 0.4) is 0 Å². The summed E-state index contributed by atoms with van der Waals surface area (Å²) in [5.74, 6) is 2.51. The lowest BCUT2D eigenvalue weighted by atomic mass is 9.91. The summed E-state index contributed by atoms with van der Waals surface area (Å²) in [6, 6.07) is 13.3. The van der Waals surface area contributed by atoms with E-state index in [1.54, 1.807) is 37.3 Å². The number of ether oxygens (including phenoxy) is 2. The molecule has 0 spiro atoms. The number of phenols is 1. The highest BCUT2D eigenvalue weighted by Gasteiger charge is 2.39. The SMILES string of the molecule is COc1ccc(CC(SCC2CCCCC2)C(CN(C)C(=O)c2ccccc2O)NC(=O)[C@@H]2CSCN2C(=O)OC(C)(C)C)cc1. The Bertz CT molecular complexity index is 1310. The van der Waals surface area contributed by atoms with Crippen LogP contribution < -0.4 is 10.1 Å². The highest BCUT2D eigenvalue weighted by Crippen LogP contribution is 2.32. The van der Waals surface area contributed by atoms with Gasteiger partial charge in [0.1, 0.15) is 23.1 Å². The van der Waals surface area contributed by atoms with E-state index in [9.17, 15) is 19.5 Å². The van der Waals surface area contributed by atoms with Crippen molar-refractivity contribution in [3.8, 4) is 11.5 Å². The molecule has 2 aromatic rings. The monoisotopic (exact) mass is 671 g/mol. The number of aromatic hydroxyl groups is 1. The van der Waals surface area contributed by atoms with Crippen LogP contribution in [0.1, 0.15) is 68.8 Å². The van der Waals surface area contributed by atoms with Crippen LogP contribution in [-0.2, 0) is 16.0 Å². The van der Waals surface area contributed by atoms with Gasteiger partial charge in [0.15, 0.2) is 0 Å². The van der Waals surface area contributed by atoms with Gasteiger partial charge in [0.25, 0.3) is 5.91 Å². The minimum atomic E-state index is -0.688. The summed E-state index contributed by atoms with van der Waals surface area (Å²) in [5, 5.41) is 13.6. The number of nitrogens with zero attached hydrogens (tertiary/aromatic N) is 2. The predicted molar refractivity (Wildman–Crippen MR) is 186 cm³/mol. The molecular formula is C35H49N3O6S2. The Kier molecular flexibility index (Phi) is 13.0. The first-order chi connectivity index (χ1) is 21.9. The first-order valence-electron chi connectivity index (χ1n) is 16.1. The van der Waals surface area contributed by atoms with Crippen molar-refractivity contribution in [3.63, 3.8) is 0 Å². The minimum absolute atomic E-state index is 0.0667. The van der Waals surface area contributed by atoms with Crippen LogP contribution in [0.5, 0.6) is 11.5 Å². The molecule has 46 heavy (non-hydrogen) atoms. The highest BCUT2D eigenvalue weighted by atomic mass is 32.2. The second-order valence-electron chi connectivity index (χ2n) is 13.2. The second kappa shape index (κ2) is 16.7. The number of thioether (sulfide) groups is 2. The van der Waals surface area contributed by atoms with Crippen molar-refractivity contribution in [2.24, 2.45) is 5.92 Å². The number of amides is 3. The van der Waals surface area contributed by atoms with Gasteiger partial charge < -0.3 is 24.8 Å². The van der Waals surface area contributed by atoms with Crippen LogP contribution in [0.2, 0.25) is 0 Å². The number of carbonyl (C=O) groups is 3. The van der Waals surface area contributed by atoms with Crippen molar-refractivity contribution in [2.45, 2.75) is 82.2 Å². The smallest absolute Gasteiger partial charge is 0.411 e. The molecule has 1 aliphatic heterocycles. The first-order valence-corrected chi connectivity index (χ1v) is 18.3. The molecular weight excluding hydrogens is 623 g/mol. The standard InChI is InChI=1S/C35H49N3O6S2/c1-35(2,3)44-34(42)38-23-45-22-29(38)32(40)36-28(20-37(4)33(41)27-13-9-10-14-30(27)39)31(46-21-25-11-7-6-8-12-25)19-24-15-17-26(43-5)18-16-24/h9-10,13-18,25,28-29,31,39H,6-8,11-12,19-23H2,1-5H3,(H,36,40)/t28?,29-,31?/m0/s1. The Labute approximate surface area is 282 Å². The van der Waals surface area contributed by atoms with E-state index in [-0.39, 0.29) is 34.9 Å². The fourth-order valence-electron chi connectivity index (χ4n) is 5.86. The fraction of sp³-hybridized carbons (Fsp3) is 0.571. The van der Waals surface area contributed by atoms with Crippen LogP contribution in [0, 0.1) is 5.92 Å². The summed E-state index contributed by atoms with van der Waals surface area (Å²) < 4.78 is 11.0. The summed E-state index contributed by atoms with van der Waals surface area (Å²) in [7, 11) is 3.34. The molecule has 2 fully saturated rings. The fourth-order valence-corrected chi connectivity index (χ4v) is 8.55. The van der Waals surface area contributed by atoms with E-state index < -0.39 is 23.8 Å². The van der Waals surface area contributed by atoms with E-state index in [0.29, 0.717) is 24.0 Å². The van der Waals surface area contributed by atoms with Gasteiger partial charge in [0, 0.05) is 24.6 Å². The molecule has 0 bridgehead atoms. The summed E-state index contributed by atoms with van der Waals surface area (Å²) >= 11 is 3.37. The quantitative estimate of drug-likeness (QED) is 0.275. The molecule has 4 rings (SSSR count). The summed E-state index contributed by atoms with van der Waals surface area (Å²) in [4.78, 5) is 43.6. The van der Waals surface area contributed by atoms with Crippen molar-refractivity contribution >= 4 is 41.4 Å².